The zero-order chi connectivity index (χ0) is 19.6. The van der Waals surface area contributed by atoms with Gasteiger partial charge < -0.3 is 14.8 Å². The quantitative estimate of drug-likeness (QED) is 0.677. The lowest BCUT2D eigenvalue weighted by atomic mass is 10.1. The molecule has 3 rings (SSSR count). The number of morpholine rings is 1. The normalized spacial score (nSPS) is 17.2. The van der Waals surface area contributed by atoms with Crippen LogP contribution in [0.3, 0.4) is 0 Å². The molecule has 1 atom stereocenters. The maximum absolute atomic E-state index is 12.1. The van der Waals surface area contributed by atoms with Crippen LogP contribution >= 0.6 is 0 Å². The van der Waals surface area contributed by atoms with Gasteiger partial charge in [0, 0.05) is 26.2 Å². The Kier molecular flexibility index (Phi) is 7.88. The van der Waals surface area contributed by atoms with E-state index < -0.39 is 0 Å². The third-order valence-electron chi connectivity index (χ3n) is 4.89. The number of carbonyl (C=O) groups excluding carboxylic acids is 1. The van der Waals surface area contributed by atoms with E-state index in [1.807, 2.05) is 37.3 Å². The van der Waals surface area contributed by atoms with Gasteiger partial charge in [-0.2, -0.15) is 0 Å². The summed E-state index contributed by atoms with van der Waals surface area (Å²) in [6.45, 7) is 6.88. The van der Waals surface area contributed by atoms with E-state index in [-0.39, 0.29) is 12.0 Å². The number of hydrogen-bond acceptors (Lipinski definition) is 4. The maximum Gasteiger partial charge on any atom is 0.224 e. The molecule has 0 aromatic heterocycles. The highest BCUT2D eigenvalue weighted by Crippen LogP contribution is 2.21. The number of nitrogens with zero attached hydrogens (tertiary/aromatic N) is 1. The lowest BCUT2D eigenvalue weighted by molar-refractivity contribution is -0.120. The van der Waals surface area contributed by atoms with Gasteiger partial charge in [0.15, 0.2) is 0 Å². The smallest absolute Gasteiger partial charge is 0.224 e. The first-order chi connectivity index (χ1) is 13.7. The minimum Gasteiger partial charge on any atom is -0.494 e. The molecule has 2 aromatic carbocycles. The second-order valence-electron chi connectivity index (χ2n) is 7.03. The van der Waals surface area contributed by atoms with Crippen molar-refractivity contribution in [1.29, 1.82) is 0 Å². The topological polar surface area (TPSA) is 50.8 Å². The average Bonchev–Trinajstić information content (AvgIpc) is 2.74. The molecule has 0 saturated carbocycles. The molecule has 28 heavy (non-hydrogen) atoms. The molecule has 5 heteroatoms. The third kappa shape index (κ3) is 6.36. The SMILES string of the molecule is CCOc1ccc(CC(=O)NCCCN2CCOC(c3ccccc3)C2)cc1. The highest BCUT2D eigenvalue weighted by atomic mass is 16.5. The molecule has 1 unspecified atom stereocenters. The van der Waals surface area contributed by atoms with Crippen molar-refractivity contribution in [3.63, 3.8) is 0 Å². The van der Waals surface area contributed by atoms with Crippen molar-refractivity contribution in [1.82, 2.24) is 10.2 Å². The van der Waals surface area contributed by atoms with Gasteiger partial charge in [-0.3, -0.25) is 9.69 Å². The van der Waals surface area contributed by atoms with Crippen LogP contribution in [0.4, 0.5) is 0 Å². The Morgan fingerprint density at radius 3 is 2.71 bits per heavy atom. The van der Waals surface area contributed by atoms with Crippen LogP contribution in [-0.2, 0) is 16.0 Å². The fourth-order valence-corrected chi connectivity index (χ4v) is 3.42. The number of benzene rings is 2. The number of rotatable bonds is 9. The van der Waals surface area contributed by atoms with Crippen LogP contribution < -0.4 is 10.1 Å². The second-order valence-corrected chi connectivity index (χ2v) is 7.03. The first-order valence-corrected chi connectivity index (χ1v) is 10.1. The molecule has 1 fully saturated rings. The third-order valence-corrected chi connectivity index (χ3v) is 4.89. The van der Waals surface area contributed by atoms with Crippen molar-refractivity contribution in [3.8, 4) is 5.75 Å². The van der Waals surface area contributed by atoms with Gasteiger partial charge in [-0.05, 0) is 36.6 Å². The standard InChI is InChI=1S/C23H30N2O3/c1-2-27-21-11-9-19(10-12-21)17-23(26)24-13-6-14-25-15-16-28-22(18-25)20-7-4-3-5-8-20/h3-5,7-12,22H,2,6,13-18H2,1H3,(H,24,26). The summed E-state index contributed by atoms with van der Waals surface area (Å²) in [6.07, 6.45) is 1.49. The maximum atomic E-state index is 12.1. The van der Waals surface area contributed by atoms with E-state index in [0.29, 0.717) is 19.6 Å². The largest absolute Gasteiger partial charge is 0.494 e. The minimum absolute atomic E-state index is 0.0632. The van der Waals surface area contributed by atoms with E-state index in [1.54, 1.807) is 0 Å². The molecule has 1 aliphatic heterocycles. The fourth-order valence-electron chi connectivity index (χ4n) is 3.42. The number of carbonyl (C=O) groups is 1. The lowest BCUT2D eigenvalue weighted by Gasteiger charge is -2.33. The summed E-state index contributed by atoms with van der Waals surface area (Å²) in [6, 6.07) is 18.1. The first-order valence-electron chi connectivity index (χ1n) is 10.1. The summed E-state index contributed by atoms with van der Waals surface area (Å²) in [5, 5.41) is 3.03. The van der Waals surface area contributed by atoms with Crippen molar-refractivity contribution in [3.05, 3.63) is 65.7 Å². The fraction of sp³-hybridized carbons (Fsp3) is 0.435. The molecule has 150 valence electrons. The molecule has 1 amide bonds. The molecule has 1 aliphatic rings. The summed E-state index contributed by atoms with van der Waals surface area (Å²) in [4.78, 5) is 14.6. The average molecular weight is 383 g/mol. The van der Waals surface area contributed by atoms with Crippen molar-refractivity contribution in [2.45, 2.75) is 25.9 Å². The van der Waals surface area contributed by atoms with Crippen LogP contribution in [0.1, 0.15) is 30.6 Å². The molecule has 1 heterocycles. The molecule has 0 spiro atoms. The Hall–Kier alpha value is -2.37. The van der Waals surface area contributed by atoms with Crippen molar-refractivity contribution in [2.75, 3.05) is 39.4 Å². The Bertz CT molecular complexity index is 718. The molecule has 2 aromatic rings. The molecule has 0 aliphatic carbocycles. The molecule has 0 bridgehead atoms. The summed E-state index contributed by atoms with van der Waals surface area (Å²) in [5.41, 5.74) is 2.23. The van der Waals surface area contributed by atoms with Crippen LogP contribution in [0.5, 0.6) is 5.75 Å². The molecular formula is C23H30N2O3. The molecule has 1 saturated heterocycles. The van der Waals surface area contributed by atoms with Gasteiger partial charge in [0.1, 0.15) is 5.75 Å². The van der Waals surface area contributed by atoms with E-state index in [9.17, 15) is 4.79 Å². The number of nitrogens with one attached hydrogen (secondary N) is 1. The van der Waals surface area contributed by atoms with Gasteiger partial charge in [0.2, 0.25) is 5.91 Å². The molecule has 5 nitrogen and oxygen atoms in total. The van der Waals surface area contributed by atoms with Crippen molar-refractivity contribution < 1.29 is 14.3 Å². The Balaban J connectivity index is 1.34. The van der Waals surface area contributed by atoms with Gasteiger partial charge in [-0.15, -0.1) is 0 Å². The summed E-state index contributed by atoms with van der Waals surface area (Å²) in [7, 11) is 0. The Morgan fingerprint density at radius 2 is 1.96 bits per heavy atom. The van der Waals surface area contributed by atoms with Gasteiger partial charge in [0.25, 0.3) is 0 Å². The van der Waals surface area contributed by atoms with Gasteiger partial charge in [-0.25, -0.2) is 0 Å². The van der Waals surface area contributed by atoms with Crippen LogP contribution in [0.2, 0.25) is 0 Å². The summed E-state index contributed by atoms with van der Waals surface area (Å²) in [5.74, 6) is 0.902. The summed E-state index contributed by atoms with van der Waals surface area (Å²) < 4.78 is 11.3. The van der Waals surface area contributed by atoms with E-state index in [2.05, 4.69) is 34.5 Å². The highest BCUT2D eigenvalue weighted by Gasteiger charge is 2.21. The zero-order valence-corrected chi connectivity index (χ0v) is 16.6. The highest BCUT2D eigenvalue weighted by molar-refractivity contribution is 5.78. The van der Waals surface area contributed by atoms with Crippen LogP contribution in [0, 0.1) is 0 Å². The van der Waals surface area contributed by atoms with Crippen molar-refractivity contribution >= 4 is 5.91 Å². The number of ether oxygens (including phenoxy) is 2. The predicted molar refractivity (Wildman–Crippen MR) is 111 cm³/mol. The zero-order valence-electron chi connectivity index (χ0n) is 16.6. The number of hydrogen-bond donors (Lipinski definition) is 1. The predicted octanol–water partition coefficient (Wildman–Crippen LogP) is 3.21. The number of amides is 1. The lowest BCUT2D eigenvalue weighted by Crippen LogP contribution is -2.40. The van der Waals surface area contributed by atoms with Crippen molar-refractivity contribution in [2.24, 2.45) is 0 Å². The van der Waals surface area contributed by atoms with Crippen LogP contribution in [0.15, 0.2) is 54.6 Å². The van der Waals surface area contributed by atoms with Crippen LogP contribution in [0.25, 0.3) is 0 Å². The Labute approximate surface area is 167 Å². The molecule has 0 radical (unpaired) electrons. The monoisotopic (exact) mass is 382 g/mol. The van der Waals surface area contributed by atoms with E-state index in [1.165, 1.54) is 5.56 Å². The van der Waals surface area contributed by atoms with E-state index in [4.69, 9.17) is 9.47 Å². The molecular weight excluding hydrogens is 352 g/mol. The van der Waals surface area contributed by atoms with Gasteiger partial charge >= 0.3 is 0 Å². The van der Waals surface area contributed by atoms with Gasteiger partial charge in [0.05, 0.1) is 25.7 Å². The summed E-state index contributed by atoms with van der Waals surface area (Å²) >= 11 is 0. The van der Waals surface area contributed by atoms with Crippen LogP contribution in [-0.4, -0.2) is 50.2 Å². The second kappa shape index (κ2) is 10.8. The van der Waals surface area contributed by atoms with E-state index >= 15 is 0 Å². The molecule has 1 N–H and O–H groups in total. The minimum atomic E-state index is 0.0632. The first kappa shape index (κ1) is 20.4. The van der Waals surface area contributed by atoms with E-state index in [0.717, 1.165) is 44.0 Å². The Morgan fingerprint density at radius 1 is 1.18 bits per heavy atom. The van der Waals surface area contributed by atoms with Gasteiger partial charge in [-0.1, -0.05) is 42.5 Å².